The number of aliphatic carboxylic acids is 1. The second-order valence-corrected chi connectivity index (χ2v) is 7.57. The van der Waals surface area contributed by atoms with Crippen LogP contribution in [0, 0.1) is 0 Å². The molecule has 32 heavy (non-hydrogen) atoms. The van der Waals surface area contributed by atoms with Crippen molar-refractivity contribution < 1.29 is 19.5 Å². The Balaban J connectivity index is 1.44. The Labute approximate surface area is 183 Å². The minimum absolute atomic E-state index is 0.140. The highest BCUT2D eigenvalue weighted by Gasteiger charge is 2.25. The van der Waals surface area contributed by atoms with Crippen molar-refractivity contribution >= 4 is 39.6 Å². The molecule has 162 valence electrons. The molecular weight excluding hydrogens is 408 g/mol. The van der Waals surface area contributed by atoms with Crippen molar-refractivity contribution in [3.05, 3.63) is 78.1 Å². The molecule has 2 aromatic heterocycles. The molecular formula is C24H22N4O4. The summed E-state index contributed by atoms with van der Waals surface area (Å²) in [5.41, 5.74) is 2.69. The van der Waals surface area contributed by atoms with Crippen molar-refractivity contribution in [2.75, 3.05) is 0 Å². The van der Waals surface area contributed by atoms with Gasteiger partial charge < -0.3 is 20.7 Å². The molecule has 0 saturated carbocycles. The van der Waals surface area contributed by atoms with Gasteiger partial charge in [-0.15, -0.1) is 0 Å². The Kier molecular flexibility index (Phi) is 5.85. The number of aromatic nitrogens is 2. The number of benzene rings is 2. The van der Waals surface area contributed by atoms with E-state index in [1.807, 2.05) is 30.3 Å². The normalized spacial score (nSPS) is 12.9. The molecule has 0 spiro atoms. The van der Waals surface area contributed by atoms with Gasteiger partial charge in [0.05, 0.1) is 11.7 Å². The van der Waals surface area contributed by atoms with E-state index in [4.69, 9.17) is 0 Å². The molecule has 2 aromatic carbocycles. The summed E-state index contributed by atoms with van der Waals surface area (Å²) < 4.78 is 0. The maximum absolute atomic E-state index is 12.7. The summed E-state index contributed by atoms with van der Waals surface area (Å²) in [6, 6.07) is 16.4. The van der Waals surface area contributed by atoms with Crippen molar-refractivity contribution in [3.63, 3.8) is 0 Å². The number of amides is 2. The van der Waals surface area contributed by atoms with Crippen molar-refractivity contribution in [1.82, 2.24) is 20.6 Å². The van der Waals surface area contributed by atoms with Gasteiger partial charge in [-0.05, 0) is 24.6 Å². The van der Waals surface area contributed by atoms with E-state index in [9.17, 15) is 19.5 Å². The molecule has 0 saturated heterocycles. The summed E-state index contributed by atoms with van der Waals surface area (Å²) in [5, 5.41) is 16.4. The molecule has 2 unspecified atom stereocenters. The first kappa shape index (κ1) is 21.0. The van der Waals surface area contributed by atoms with Gasteiger partial charge >= 0.3 is 5.97 Å². The van der Waals surface area contributed by atoms with Gasteiger partial charge in [0.25, 0.3) is 5.91 Å². The molecule has 0 aliphatic carbocycles. The highest BCUT2D eigenvalue weighted by atomic mass is 16.4. The molecule has 2 atom stereocenters. The first-order valence-corrected chi connectivity index (χ1v) is 10.2. The van der Waals surface area contributed by atoms with E-state index in [1.165, 1.54) is 6.92 Å². The highest BCUT2D eigenvalue weighted by Crippen LogP contribution is 2.25. The second-order valence-electron chi connectivity index (χ2n) is 7.57. The predicted octanol–water partition coefficient (Wildman–Crippen LogP) is 2.65. The van der Waals surface area contributed by atoms with Crippen LogP contribution in [0.15, 0.2) is 66.9 Å². The van der Waals surface area contributed by atoms with Crippen molar-refractivity contribution in [3.8, 4) is 0 Å². The number of para-hydroxylation sites is 1. The van der Waals surface area contributed by atoms with Crippen LogP contribution in [0.2, 0.25) is 0 Å². The van der Waals surface area contributed by atoms with E-state index in [-0.39, 0.29) is 12.1 Å². The smallest absolute Gasteiger partial charge is 0.326 e. The summed E-state index contributed by atoms with van der Waals surface area (Å²) >= 11 is 0. The summed E-state index contributed by atoms with van der Waals surface area (Å²) in [4.78, 5) is 44.3. The molecule has 0 radical (unpaired) electrons. The number of H-pyrrole nitrogens is 1. The highest BCUT2D eigenvalue weighted by molar-refractivity contribution is 6.09. The third kappa shape index (κ3) is 4.44. The number of carboxylic acids is 1. The Bertz CT molecular complexity index is 1300. The Morgan fingerprint density at radius 2 is 1.69 bits per heavy atom. The summed E-state index contributed by atoms with van der Waals surface area (Å²) in [6.07, 6.45) is 1.72. The zero-order valence-electron chi connectivity index (χ0n) is 17.3. The molecule has 8 heteroatoms. The van der Waals surface area contributed by atoms with Crippen LogP contribution in [-0.2, 0) is 16.0 Å². The standard InChI is InChI=1S/C24H22N4O4/c1-14(22(29)28-20(24(31)32)11-15-7-3-2-4-8-15)26-23(30)19-12-17-16-9-5-6-10-18(16)27-21(17)13-25-19/h2-10,12-14,20,27H,11H2,1H3,(H,26,30)(H,28,29)(H,31,32). The molecule has 8 nitrogen and oxygen atoms in total. The monoisotopic (exact) mass is 430 g/mol. The summed E-state index contributed by atoms with van der Waals surface area (Å²) in [6.45, 7) is 1.50. The quantitative estimate of drug-likeness (QED) is 0.359. The molecule has 4 N–H and O–H groups in total. The molecule has 0 fully saturated rings. The number of fused-ring (bicyclic) bond motifs is 3. The van der Waals surface area contributed by atoms with E-state index < -0.39 is 29.9 Å². The van der Waals surface area contributed by atoms with Gasteiger partial charge in [-0.2, -0.15) is 0 Å². The van der Waals surface area contributed by atoms with Crippen LogP contribution < -0.4 is 10.6 Å². The fourth-order valence-corrected chi connectivity index (χ4v) is 3.56. The van der Waals surface area contributed by atoms with Crippen LogP contribution in [0.25, 0.3) is 21.8 Å². The number of hydrogen-bond donors (Lipinski definition) is 4. The first-order valence-electron chi connectivity index (χ1n) is 10.2. The Morgan fingerprint density at radius 3 is 2.44 bits per heavy atom. The van der Waals surface area contributed by atoms with E-state index in [1.54, 1.807) is 36.5 Å². The fourth-order valence-electron chi connectivity index (χ4n) is 3.56. The summed E-state index contributed by atoms with van der Waals surface area (Å²) in [7, 11) is 0. The van der Waals surface area contributed by atoms with Crippen LogP contribution in [0.4, 0.5) is 0 Å². The lowest BCUT2D eigenvalue weighted by molar-refractivity contribution is -0.142. The Hall–Kier alpha value is -4.20. The van der Waals surface area contributed by atoms with E-state index in [0.29, 0.717) is 0 Å². The first-order chi connectivity index (χ1) is 15.4. The lowest BCUT2D eigenvalue weighted by atomic mass is 10.1. The molecule has 2 amide bonds. The molecule has 0 aliphatic rings. The third-order valence-corrected chi connectivity index (χ3v) is 5.26. The number of nitrogens with zero attached hydrogens (tertiary/aromatic N) is 1. The topological polar surface area (TPSA) is 124 Å². The fraction of sp³-hybridized carbons (Fsp3) is 0.167. The molecule has 2 heterocycles. The average Bonchev–Trinajstić information content (AvgIpc) is 3.17. The van der Waals surface area contributed by atoms with Crippen molar-refractivity contribution in [2.24, 2.45) is 0 Å². The number of pyridine rings is 1. The zero-order chi connectivity index (χ0) is 22.7. The van der Waals surface area contributed by atoms with Gasteiger partial charge in [-0.3, -0.25) is 9.59 Å². The van der Waals surface area contributed by atoms with E-state index in [0.717, 1.165) is 27.4 Å². The van der Waals surface area contributed by atoms with Gasteiger partial charge in [-0.1, -0.05) is 48.5 Å². The van der Waals surface area contributed by atoms with Crippen LogP contribution in [-0.4, -0.2) is 44.9 Å². The van der Waals surface area contributed by atoms with Gasteiger partial charge in [0.2, 0.25) is 5.91 Å². The summed E-state index contributed by atoms with van der Waals surface area (Å²) in [5.74, 6) is -2.25. The average molecular weight is 430 g/mol. The number of carbonyl (C=O) groups is 3. The van der Waals surface area contributed by atoms with Crippen molar-refractivity contribution in [1.29, 1.82) is 0 Å². The van der Waals surface area contributed by atoms with Crippen LogP contribution in [0.3, 0.4) is 0 Å². The van der Waals surface area contributed by atoms with E-state index in [2.05, 4.69) is 20.6 Å². The van der Waals surface area contributed by atoms with Gasteiger partial charge in [0.15, 0.2) is 0 Å². The maximum Gasteiger partial charge on any atom is 0.326 e. The number of carbonyl (C=O) groups excluding carboxylic acids is 2. The van der Waals surface area contributed by atoms with Crippen LogP contribution >= 0.6 is 0 Å². The number of carboxylic acid groups (broad SMARTS) is 1. The second kappa shape index (κ2) is 8.89. The predicted molar refractivity (Wildman–Crippen MR) is 120 cm³/mol. The van der Waals surface area contributed by atoms with Crippen molar-refractivity contribution in [2.45, 2.75) is 25.4 Å². The maximum atomic E-state index is 12.7. The number of hydrogen-bond acceptors (Lipinski definition) is 4. The minimum Gasteiger partial charge on any atom is -0.480 e. The van der Waals surface area contributed by atoms with Crippen LogP contribution in [0.1, 0.15) is 23.0 Å². The zero-order valence-corrected chi connectivity index (χ0v) is 17.3. The largest absolute Gasteiger partial charge is 0.480 e. The molecule has 4 rings (SSSR count). The lowest BCUT2D eigenvalue weighted by Crippen LogP contribution is -2.51. The lowest BCUT2D eigenvalue weighted by Gasteiger charge is -2.18. The molecule has 4 aromatic rings. The van der Waals surface area contributed by atoms with Gasteiger partial charge in [0, 0.05) is 22.7 Å². The van der Waals surface area contributed by atoms with Gasteiger partial charge in [-0.25, -0.2) is 9.78 Å². The van der Waals surface area contributed by atoms with E-state index >= 15 is 0 Å². The van der Waals surface area contributed by atoms with Crippen LogP contribution in [0.5, 0.6) is 0 Å². The molecule has 0 bridgehead atoms. The Morgan fingerprint density at radius 1 is 0.969 bits per heavy atom. The SMILES string of the molecule is CC(NC(=O)c1cc2c(cn1)[nH]c1ccccc12)C(=O)NC(Cc1ccccc1)C(=O)O. The number of aromatic amines is 1. The minimum atomic E-state index is -1.15. The molecule has 0 aliphatic heterocycles. The van der Waals surface area contributed by atoms with Gasteiger partial charge in [0.1, 0.15) is 17.8 Å². The number of rotatable bonds is 7. The number of nitrogens with one attached hydrogen (secondary N) is 3. The third-order valence-electron chi connectivity index (χ3n) is 5.26.